The Kier molecular flexibility index (Phi) is 4.59. The molecule has 130 valence electrons. The van der Waals surface area contributed by atoms with Gasteiger partial charge in [0.15, 0.2) is 0 Å². The van der Waals surface area contributed by atoms with E-state index in [0.29, 0.717) is 5.92 Å². The van der Waals surface area contributed by atoms with Crippen LogP contribution >= 0.6 is 0 Å². The molecule has 2 heterocycles. The van der Waals surface area contributed by atoms with Crippen molar-refractivity contribution in [3.63, 3.8) is 0 Å². The minimum atomic E-state index is 0.707. The standard InChI is InChI=1S/C21H26N4/c1-16-12-23-21(25(16)15-19-6-7-19)10-20-8-9-24(14-20)13-18-4-2-17(11-22)3-5-18/h2-5,12,19-20H,6-10,13-15H2,1H3. The van der Waals surface area contributed by atoms with E-state index < -0.39 is 0 Å². The monoisotopic (exact) mass is 334 g/mol. The van der Waals surface area contributed by atoms with Gasteiger partial charge in [0.25, 0.3) is 0 Å². The first-order valence-electron chi connectivity index (χ1n) is 9.43. The average Bonchev–Trinajstić information content (AvgIpc) is 3.25. The maximum Gasteiger partial charge on any atom is 0.109 e. The van der Waals surface area contributed by atoms with Crippen LogP contribution in [0.1, 0.15) is 41.9 Å². The van der Waals surface area contributed by atoms with Crippen LogP contribution < -0.4 is 0 Å². The van der Waals surface area contributed by atoms with Crippen molar-refractivity contribution in [3.8, 4) is 6.07 Å². The lowest BCUT2D eigenvalue weighted by Gasteiger charge is -2.17. The molecular formula is C21H26N4. The number of aryl methyl sites for hydroxylation is 1. The average molecular weight is 334 g/mol. The molecule has 2 aliphatic rings. The van der Waals surface area contributed by atoms with Crippen molar-refractivity contribution in [2.75, 3.05) is 13.1 Å². The van der Waals surface area contributed by atoms with Crippen molar-refractivity contribution in [1.82, 2.24) is 14.5 Å². The van der Waals surface area contributed by atoms with Crippen molar-refractivity contribution in [3.05, 3.63) is 53.1 Å². The lowest BCUT2D eigenvalue weighted by atomic mass is 10.0. The second-order valence-electron chi connectivity index (χ2n) is 7.77. The molecule has 0 radical (unpaired) electrons. The van der Waals surface area contributed by atoms with Gasteiger partial charge < -0.3 is 4.57 Å². The summed E-state index contributed by atoms with van der Waals surface area (Å²) in [6, 6.07) is 10.2. The summed E-state index contributed by atoms with van der Waals surface area (Å²) < 4.78 is 2.46. The number of aromatic nitrogens is 2. The van der Waals surface area contributed by atoms with Crippen LogP contribution in [0.4, 0.5) is 0 Å². The van der Waals surface area contributed by atoms with E-state index in [2.05, 4.69) is 34.6 Å². The van der Waals surface area contributed by atoms with Gasteiger partial charge in [0.2, 0.25) is 0 Å². The third kappa shape index (κ3) is 3.93. The molecule has 1 aliphatic heterocycles. The van der Waals surface area contributed by atoms with Crippen molar-refractivity contribution < 1.29 is 0 Å². The molecule has 2 aromatic rings. The molecule has 1 aromatic heterocycles. The molecule has 1 unspecified atom stereocenters. The van der Waals surface area contributed by atoms with E-state index in [1.165, 1.54) is 42.9 Å². The van der Waals surface area contributed by atoms with E-state index in [4.69, 9.17) is 10.2 Å². The molecule has 0 amide bonds. The Morgan fingerprint density at radius 2 is 1.96 bits per heavy atom. The molecule has 1 saturated carbocycles. The second kappa shape index (κ2) is 7.01. The summed E-state index contributed by atoms with van der Waals surface area (Å²) in [7, 11) is 0. The van der Waals surface area contributed by atoms with Gasteiger partial charge in [-0.05, 0) is 62.3 Å². The van der Waals surface area contributed by atoms with E-state index in [0.717, 1.165) is 37.5 Å². The molecule has 25 heavy (non-hydrogen) atoms. The zero-order valence-electron chi connectivity index (χ0n) is 15.0. The van der Waals surface area contributed by atoms with Gasteiger partial charge in [-0.25, -0.2) is 4.98 Å². The Hall–Kier alpha value is -2.12. The highest BCUT2D eigenvalue weighted by Gasteiger charge is 2.27. The predicted octanol–water partition coefficient (Wildman–Crippen LogP) is 3.54. The van der Waals surface area contributed by atoms with Crippen LogP contribution in [0, 0.1) is 30.1 Å². The third-order valence-corrected chi connectivity index (χ3v) is 5.61. The maximum absolute atomic E-state index is 8.90. The van der Waals surface area contributed by atoms with E-state index >= 15 is 0 Å². The molecule has 0 N–H and O–H groups in total. The van der Waals surface area contributed by atoms with E-state index in [-0.39, 0.29) is 0 Å². The molecule has 1 aliphatic carbocycles. The minimum absolute atomic E-state index is 0.707. The van der Waals surface area contributed by atoms with Crippen LogP contribution in [-0.2, 0) is 19.5 Å². The molecule has 2 fully saturated rings. The number of nitriles is 1. The van der Waals surface area contributed by atoms with Gasteiger partial charge in [-0.3, -0.25) is 4.90 Å². The fourth-order valence-electron chi connectivity index (χ4n) is 3.91. The summed E-state index contributed by atoms with van der Waals surface area (Å²) in [5, 5.41) is 8.90. The quantitative estimate of drug-likeness (QED) is 0.812. The maximum atomic E-state index is 8.90. The molecule has 0 bridgehead atoms. The van der Waals surface area contributed by atoms with Crippen LogP contribution in [-0.4, -0.2) is 27.5 Å². The number of nitrogens with zero attached hydrogens (tertiary/aromatic N) is 4. The Labute approximate surface area is 150 Å². The van der Waals surface area contributed by atoms with E-state index in [9.17, 15) is 0 Å². The zero-order chi connectivity index (χ0) is 17.2. The molecule has 4 heteroatoms. The Balaban J connectivity index is 1.34. The smallest absolute Gasteiger partial charge is 0.109 e. The topological polar surface area (TPSA) is 44.9 Å². The van der Waals surface area contributed by atoms with Crippen molar-refractivity contribution in [2.24, 2.45) is 11.8 Å². The SMILES string of the molecule is Cc1cnc(CC2CCN(Cc3ccc(C#N)cc3)C2)n1CC1CC1. The number of hydrogen-bond donors (Lipinski definition) is 0. The van der Waals surface area contributed by atoms with Gasteiger partial charge in [0, 0.05) is 37.9 Å². The lowest BCUT2D eigenvalue weighted by molar-refractivity contribution is 0.315. The van der Waals surface area contributed by atoms with Crippen LogP contribution in [0.3, 0.4) is 0 Å². The van der Waals surface area contributed by atoms with E-state index in [1.54, 1.807) is 0 Å². The number of imidazole rings is 1. The first-order valence-corrected chi connectivity index (χ1v) is 9.43. The largest absolute Gasteiger partial charge is 0.332 e. The molecule has 4 rings (SSSR count). The van der Waals surface area contributed by atoms with Gasteiger partial charge in [0.1, 0.15) is 5.82 Å². The number of benzene rings is 1. The lowest BCUT2D eigenvalue weighted by Crippen LogP contribution is -2.21. The highest BCUT2D eigenvalue weighted by molar-refractivity contribution is 5.31. The van der Waals surface area contributed by atoms with Crippen molar-refractivity contribution in [2.45, 2.75) is 45.7 Å². The van der Waals surface area contributed by atoms with Crippen molar-refractivity contribution >= 4 is 0 Å². The fraction of sp³-hybridized carbons (Fsp3) is 0.524. The normalized spacial score (nSPS) is 20.7. The molecule has 4 nitrogen and oxygen atoms in total. The van der Waals surface area contributed by atoms with Gasteiger partial charge in [-0.1, -0.05) is 12.1 Å². The Morgan fingerprint density at radius 1 is 1.16 bits per heavy atom. The third-order valence-electron chi connectivity index (χ3n) is 5.61. The first kappa shape index (κ1) is 16.4. The molecule has 1 saturated heterocycles. The summed E-state index contributed by atoms with van der Waals surface area (Å²) >= 11 is 0. The van der Waals surface area contributed by atoms with Crippen LogP contribution in [0.15, 0.2) is 30.5 Å². The Bertz CT molecular complexity index is 764. The van der Waals surface area contributed by atoms with Gasteiger partial charge in [0.05, 0.1) is 11.6 Å². The number of rotatable bonds is 6. The highest BCUT2D eigenvalue weighted by Crippen LogP contribution is 2.32. The molecule has 1 atom stereocenters. The van der Waals surface area contributed by atoms with Crippen molar-refractivity contribution in [1.29, 1.82) is 5.26 Å². The van der Waals surface area contributed by atoms with Crippen LogP contribution in [0.2, 0.25) is 0 Å². The van der Waals surface area contributed by atoms with Crippen LogP contribution in [0.5, 0.6) is 0 Å². The minimum Gasteiger partial charge on any atom is -0.332 e. The summed E-state index contributed by atoms with van der Waals surface area (Å²) in [5.74, 6) is 2.89. The molecular weight excluding hydrogens is 308 g/mol. The van der Waals surface area contributed by atoms with Gasteiger partial charge >= 0.3 is 0 Å². The molecule has 1 aromatic carbocycles. The Morgan fingerprint density at radius 3 is 2.68 bits per heavy atom. The number of likely N-dealkylation sites (tertiary alicyclic amines) is 1. The van der Waals surface area contributed by atoms with Gasteiger partial charge in [-0.2, -0.15) is 5.26 Å². The van der Waals surface area contributed by atoms with Crippen LogP contribution in [0.25, 0.3) is 0 Å². The predicted molar refractivity (Wildman–Crippen MR) is 97.9 cm³/mol. The summed E-state index contributed by atoms with van der Waals surface area (Å²) in [6.07, 6.45) is 7.18. The first-order chi connectivity index (χ1) is 12.2. The summed E-state index contributed by atoms with van der Waals surface area (Å²) in [6.45, 7) is 6.65. The highest BCUT2D eigenvalue weighted by atomic mass is 15.1. The van der Waals surface area contributed by atoms with E-state index in [1.807, 2.05) is 18.3 Å². The van der Waals surface area contributed by atoms with Gasteiger partial charge in [-0.15, -0.1) is 0 Å². The molecule has 0 spiro atoms. The summed E-state index contributed by atoms with van der Waals surface area (Å²) in [4.78, 5) is 7.24. The zero-order valence-corrected chi connectivity index (χ0v) is 15.0. The number of hydrogen-bond acceptors (Lipinski definition) is 3. The summed E-state index contributed by atoms with van der Waals surface area (Å²) in [5.41, 5.74) is 3.35. The fourth-order valence-corrected chi connectivity index (χ4v) is 3.91. The second-order valence-corrected chi connectivity index (χ2v) is 7.77.